The molecule has 2 heteroatoms. The largest absolute Gasteiger partial charge is 0.342 e. The van der Waals surface area contributed by atoms with Gasteiger partial charge in [0.2, 0.25) is 0 Å². The Labute approximate surface area is 105 Å². The molecule has 0 unspecified atom stereocenters. The van der Waals surface area contributed by atoms with Crippen molar-refractivity contribution in [3.05, 3.63) is 35.4 Å². The Morgan fingerprint density at radius 1 is 1.35 bits per heavy atom. The van der Waals surface area contributed by atoms with E-state index in [4.69, 9.17) is 0 Å². The second-order valence-corrected chi connectivity index (χ2v) is 4.96. The van der Waals surface area contributed by atoms with Crippen LogP contribution in [-0.4, -0.2) is 24.4 Å². The molecule has 0 aliphatic carbocycles. The van der Waals surface area contributed by atoms with E-state index in [2.05, 4.69) is 26.8 Å². The first-order valence-electron chi connectivity index (χ1n) is 6.39. The summed E-state index contributed by atoms with van der Waals surface area (Å²) in [6, 6.07) is 7.91. The van der Waals surface area contributed by atoms with Gasteiger partial charge >= 0.3 is 0 Å². The molecule has 17 heavy (non-hydrogen) atoms. The van der Waals surface area contributed by atoms with Gasteiger partial charge in [-0.1, -0.05) is 32.9 Å². The lowest BCUT2D eigenvalue weighted by Gasteiger charge is -2.18. The van der Waals surface area contributed by atoms with Crippen LogP contribution in [-0.2, 0) is 6.42 Å². The molecule has 0 atom stereocenters. The van der Waals surface area contributed by atoms with E-state index in [1.807, 2.05) is 30.1 Å². The number of rotatable bonds is 5. The highest BCUT2D eigenvalue weighted by atomic mass is 16.2. The summed E-state index contributed by atoms with van der Waals surface area (Å²) >= 11 is 0. The number of carbonyl (C=O) groups is 1. The second kappa shape index (κ2) is 6.43. The van der Waals surface area contributed by atoms with Crippen molar-refractivity contribution < 1.29 is 4.79 Å². The van der Waals surface area contributed by atoms with Crippen molar-refractivity contribution in [2.75, 3.05) is 13.6 Å². The number of nitrogens with zero attached hydrogens (tertiary/aromatic N) is 1. The molecule has 0 bridgehead atoms. The van der Waals surface area contributed by atoms with Crippen molar-refractivity contribution >= 4 is 5.91 Å². The lowest BCUT2D eigenvalue weighted by atomic mass is 10.1. The molecule has 1 aromatic carbocycles. The van der Waals surface area contributed by atoms with Crippen LogP contribution in [0.5, 0.6) is 0 Å². The third-order valence-electron chi connectivity index (χ3n) is 2.97. The van der Waals surface area contributed by atoms with Crippen LogP contribution in [0.2, 0.25) is 0 Å². The van der Waals surface area contributed by atoms with Gasteiger partial charge in [0.15, 0.2) is 0 Å². The normalized spacial score (nSPS) is 10.6. The fourth-order valence-electron chi connectivity index (χ4n) is 1.70. The molecule has 94 valence electrons. The summed E-state index contributed by atoms with van der Waals surface area (Å²) in [7, 11) is 1.88. The predicted molar refractivity (Wildman–Crippen MR) is 72.2 cm³/mol. The Morgan fingerprint density at radius 3 is 2.65 bits per heavy atom. The Hall–Kier alpha value is -1.31. The summed E-state index contributed by atoms with van der Waals surface area (Å²) in [5.41, 5.74) is 2.02. The first kappa shape index (κ1) is 13.8. The molecule has 1 rings (SSSR count). The van der Waals surface area contributed by atoms with Gasteiger partial charge < -0.3 is 4.90 Å². The highest BCUT2D eigenvalue weighted by molar-refractivity contribution is 5.94. The number of amides is 1. The molecule has 1 amide bonds. The number of aryl methyl sites for hydroxylation is 1. The van der Waals surface area contributed by atoms with Crippen LogP contribution in [0.15, 0.2) is 24.3 Å². The smallest absolute Gasteiger partial charge is 0.253 e. The standard InChI is InChI=1S/C15H23NO/c1-5-13-7-6-8-14(11-13)15(17)16(4)10-9-12(2)3/h6-8,11-12H,5,9-10H2,1-4H3. The maximum absolute atomic E-state index is 12.2. The van der Waals surface area contributed by atoms with Crippen molar-refractivity contribution in [2.24, 2.45) is 5.92 Å². The van der Waals surface area contributed by atoms with Crippen LogP contribution in [0.3, 0.4) is 0 Å². The summed E-state index contributed by atoms with van der Waals surface area (Å²) < 4.78 is 0. The van der Waals surface area contributed by atoms with Crippen LogP contribution in [0.1, 0.15) is 43.1 Å². The SMILES string of the molecule is CCc1cccc(C(=O)N(C)CCC(C)C)c1. The molecule has 0 heterocycles. The molecule has 1 aromatic rings. The molecular weight excluding hydrogens is 210 g/mol. The van der Waals surface area contributed by atoms with E-state index in [1.54, 1.807) is 0 Å². The van der Waals surface area contributed by atoms with Crippen LogP contribution in [0, 0.1) is 5.92 Å². The molecule has 0 saturated carbocycles. The van der Waals surface area contributed by atoms with Gasteiger partial charge in [0.25, 0.3) is 5.91 Å². The quantitative estimate of drug-likeness (QED) is 0.763. The van der Waals surface area contributed by atoms with E-state index >= 15 is 0 Å². The first-order chi connectivity index (χ1) is 8.04. The third kappa shape index (κ3) is 4.22. The maximum Gasteiger partial charge on any atom is 0.253 e. The van der Waals surface area contributed by atoms with Gasteiger partial charge in [0.05, 0.1) is 0 Å². The van der Waals surface area contributed by atoms with Gasteiger partial charge in [-0.2, -0.15) is 0 Å². The first-order valence-corrected chi connectivity index (χ1v) is 6.39. The van der Waals surface area contributed by atoms with Crippen LogP contribution < -0.4 is 0 Å². The monoisotopic (exact) mass is 233 g/mol. The number of hydrogen-bond donors (Lipinski definition) is 0. The molecule has 0 fully saturated rings. The number of carbonyl (C=O) groups excluding carboxylic acids is 1. The fraction of sp³-hybridized carbons (Fsp3) is 0.533. The Kier molecular flexibility index (Phi) is 5.20. The number of hydrogen-bond acceptors (Lipinski definition) is 1. The molecule has 0 aliphatic heterocycles. The maximum atomic E-state index is 12.2. The Balaban J connectivity index is 2.67. The minimum absolute atomic E-state index is 0.126. The minimum atomic E-state index is 0.126. The van der Waals surface area contributed by atoms with E-state index in [0.29, 0.717) is 5.92 Å². The lowest BCUT2D eigenvalue weighted by Crippen LogP contribution is -2.28. The van der Waals surface area contributed by atoms with Gasteiger partial charge in [-0.05, 0) is 36.5 Å². The van der Waals surface area contributed by atoms with E-state index in [-0.39, 0.29) is 5.91 Å². The van der Waals surface area contributed by atoms with E-state index < -0.39 is 0 Å². The van der Waals surface area contributed by atoms with E-state index in [1.165, 1.54) is 5.56 Å². The number of benzene rings is 1. The summed E-state index contributed by atoms with van der Waals surface area (Å²) in [4.78, 5) is 14.0. The van der Waals surface area contributed by atoms with Gasteiger partial charge in [0, 0.05) is 19.2 Å². The molecule has 0 N–H and O–H groups in total. The van der Waals surface area contributed by atoms with Crippen molar-refractivity contribution in [3.8, 4) is 0 Å². The molecule has 0 spiro atoms. The molecule has 0 radical (unpaired) electrons. The topological polar surface area (TPSA) is 20.3 Å². The van der Waals surface area contributed by atoms with Crippen molar-refractivity contribution in [2.45, 2.75) is 33.6 Å². The van der Waals surface area contributed by atoms with Crippen LogP contribution >= 0.6 is 0 Å². The fourth-order valence-corrected chi connectivity index (χ4v) is 1.70. The van der Waals surface area contributed by atoms with Crippen molar-refractivity contribution in [1.82, 2.24) is 4.90 Å². The lowest BCUT2D eigenvalue weighted by molar-refractivity contribution is 0.0789. The second-order valence-electron chi connectivity index (χ2n) is 4.96. The van der Waals surface area contributed by atoms with E-state index in [9.17, 15) is 4.79 Å². The third-order valence-corrected chi connectivity index (χ3v) is 2.97. The van der Waals surface area contributed by atoms with Gasteiger partial charge in [-0.15, -0.1) is 0 Å². The molecular formula is C15H23NO. The van der Waals surface area contributed by atoms with E-state index in [0.717, 1.165) is 24.9 Å². The zero-order valence-electron chi connectivity index (χ0n) is 11.4. The van der Waals surface area contributed by atoms with Crippen LogP contribution in [0.25, 0.3) is 0 Å². The van der Waals surface area contributed by atoms with Crippen molar-refractivity contribution in [3.63, 3.8) is 0 Å². The molecule has 2 nitrogen and oxygen atoms in total. The minimum Gasteiger partial charge on any atom is -0.342 e. The molecule has 0 aliphatic rings. The zero-order valence-corrected chi connectivity index (χ0v) is 11.4. The molecule has 0 saturated heterocycles. The summed E-state index contributed by atoms with van der Waals surface area (Å²) in [6.45, 7) is 7.28. The van der Waals surface area contributed by atoms with Crippen LogP contribution in [0.4, 0.5) is 0 Å². The van der Waals surface area contributed by atoms with Gasteiger partial charge in [-0.25, -0.2) is 0 Å². The van der Waals surface area contributed by atoms with Crippen molar-refractivity contribution in [1.29, 1.82) is 0 Å². The highest BCUT2D eigenvalue weighted by Gasteiger charge is 2.11. The summed E-state index contributed by atoms with van der Waals surface area (Å²) in [5, 5.41) is 0. The average molecular weight is 233 g/mol. The van der Waals surface area contributed by atoms with Gasteiger partial charge in [0.1, 0.15) is 0 Å². The highest BCUT2D eigenvalue weighted by Crippen LogP contribution is 2.09. The summed E-state index contributed by atoms with van der Waals surface area (Å²) in [5.74, 6) is 0.758. The Morgan fingerprint density at radius 2 is 2.06 bits per heavy atom. The molecule has 0 aromatic heterocycles. The predicted octanol–water partition coefficient (Wildman–Crippen LogP) is 3.37. The summed E-state index contributed by atoms with van der Waals surface area (Å²) in [6.07, 6.45) is 2.02. The van der Waals surface area contributed by atoms with Gasteiger partial charge in [-0.3, -0.25) is 4.79 Å². The Bertz CT molecular complexity index is 371. The average Bonchev–Trinajstić information content (AvgIpc) is 2.35. The zero-order chi connectivity index (χ0) is 12.8.